The second kappa shape index (κ2) is 16.7. The molecule has 19 heteroatoms. The minimum Gasteiger partial charge on any atom is -0.491 e. The molecule has 1 aromatic heterocycles. The van der Waals surface area contributed by atoms with Gasteiger partial charge in [-0.15, -0.1) is 0 Å². The fourth-order valence-electron chi connectivity index (χ4n) is 7.44. The van der Waals surface area contributed by atoms with Crippen LogP contribution in [-0.2, 0) is 33.9 Å². The Labute approximate surface area is 347 Å². The Hall–Kier alpha value is -4.65. The Kier molecular flexibility index (Phi) is 12.5. The van der Waals surface area contributed by atoms with Gasteiger partial charge in [0, 0.05) is 30.8 Å². The fraction of sp³-hybridized carbons (Fsp3) is 0.634. The number of amides is 4. The number of carbonyl (C=O) groups excluding carboxylic acids is 4. The van der Waals surface area contributed by atoms with Crippen LogP contribution in [0.4, 0.5) is 18.0 Å². The number of hydrogen-bond acceptors (Lipinski definition) is 11. The van der Waals surface area contributed by atoms with Gasteiger partial charge in [0.25, 0.3) is 11.8 Å². The number of carbonyl (C=O) groups is 4. The molecule has 0 spiro atoms. The molecule has 6 rings (SSSR count). The SMILES string of the molecule is CCOc1cc2ccnc(OC3CC4C(=O)NC5(C(=O)NS(=O)(=O)C6(C)CC6)CC5C=CCCC(C)OC(CC)C(NC(=O)OC(C)(C)C(C)(F)F)C(=O)N4C3)c2cc1F. The molecule has 2 saturated carbocycles. The van der Waals surface area contributed by atoms with Crippen molar-refractivity contribution < 1.29 is 59.7 Å². The summed E-state index contributed by atoms with van der Waals surface area (Å²) in [6, 6.07) is 1.36. The molecule has 60 heavy (non-hydrogen) atoms. The van der Waals surface area contributed by atoms with E-state index in [-0.39, 0.29) is 49.4 Å². The number of rotatable bonds is 11. The van der Waals surface area contributed by atoms with Crippen LogP contribution in [0.1, 0.15) is 93.4 Å². The molecule has 330 valence electrons. The Balaban J connectivity index is 1.37. The first-order valence-corrected chi connectivity index (χ1v) is 21.8. The molecule has 1 aromatic carbocycles. The number of halogens is 3. The van der Waals surface area contributed by atoms with E-state index in [2.05, 4.69) is 20.3 Å². The number of nitrogens with zero attached hydrogens (tertiary/aromatic N) is 2. The Morgan fingerprint density at radius 2 is 1.87 bits per heavy atom. The number of allylic oxidation sites excluding steroid dienone is 1. The van der Waals surface area contributed by atoms with Gasteiger partial charge in [-0.25, -0.2) is 31.4 Å². The summed E-state index contributed by atoms with van der Waals surface area (Å²) < 4.78 is 94.6. The fourth-order valence-corrected chi connectivity index (χ4v) is 8.76. The van der Waals surface area contributed by atoms with Crippen molar-refractivity contribution in [3.63, 3.8) is 0 Å². The van der Waals surface area contributed by atoms with Crippen LogP contribution in [0, 0.1) is 11.7 Å². The molecule has 0 radical (unpaired) electrons. The van der Waals surface area contributed by atoms with Gasteiger partial charge < -0.3 is 34.5 Å². The Morgan fingerprint density at radius 1 is 1.15 bits per heavy atom. The van der Waals surface area contributed by atoms with Crippen molar-refractivity contribution in [2.45, 2.75) is 146 Å². The van der Waals surface area contributed by atoms with Crippen molar-refractivity contribution in [3.8, 4) is 11.6 Å². The van der Waals surface area contributed by atoms with Gasteiger partial charge in [0.15, 0.2) is 17.2 Å². The number of aromatic nitrogens is 1. The van der Waals surface area contributed by atoms with Gasteiger partial charge in [-0.05, 0) is 96.7 Å². The van der Waals surface area contributed by atoms with Crippen molar-refractivity contribution in [2.24, 2.45) is 5.92 Å². The summed E-state index contributed by atoms with van der Waals surface area (Å²) >= 11 is 0. The molecule has 3 N–H and O–H groups in total. The molecule has 0 bridgehead atoms. The number of alkyl halides is 2. The van der Waals surface area contributed by atoms with E-state index in [1.807, 2.05) is 0 Å². The van der Waals surface area contributed by atoms with Crippen molar-refractivity contribution in [1.29, 1.82) is 0 Å². The number of hydrogen-bond donors (Lipinski definition) is 3. The molecule has 4 aliphatic rings. The maximum Gasteiger partial charge on any atom is 0.408 e. The Morgan fingerprint density at radius 3 is 2.52 bits per heavy atom. The largest absolute Gasteiger partial charge is 0.491 e. The molecule has 3 fully saturated rings. The molecule has 2 aliphatic carbocycles. The summed E-state index contributed by atoms with van der Waals surface area (Å²) in [6.07, 6.45) is 2.76. The third-order valence-electron chi connectivity index (χ3n) is 12.0. The van der Waals surface area contributed by atoms with Crippen LogP contribution >= 0.6 is 0 Å². The molecule has 4 amide bonds. The first kappa shape index (κ1) is 44.9. The van der Waals surface area contributed by atoms with E-state index in [1.54, 1.807) is 39.0 Å². The predicted octanol–water partition coefficient (Wildman–Crippen LogP) is 5.06. The van der Waals surface area contributed by atoms with E-state index in [0.29, 0.717) is 38.0 Å². The standard InChI is InChI=1S/C41H54F3N5O10S/c1-8-30-32(46-37(53)59-38(4,5)40(7,43)44)35(51)49-22-26(58-34-27-20-28(42)31(56-9-2)18-24(27)14-17-45-34)19-29(49)33(50)47-41(21-25(41)13-11-10-12-23(3)57-30)36(52)48-60(54,55)39(6)15-16-39/h11,13-14,17-18,20,23,25-26,29-30,32H,8-10,12,15-16,19,21-22H2,1-7H3,(H,46,53)(H,47,50)(H,48,52). The quantitative estimate of drug-likeness (QED) is 0.256. The van der Waals surface area contributed by atoms with Gasteiger partial charge in [-0.2, -0.15) is 0 Å². The van der Waals surface area contributed by atoms with Gasteiger partial charge >= 0.3 is 6.09 Å². The minimum atomic E-state index is -4.10. The van der Waals surface area contributed by atoms with Gasteiger partial charge in [0.05, 0.1) is 30.1 Å². The molecular weight excluding hydrogens is 812 g/mol. The summed E-state index contributed by atoms with van der Waals surface area (Å²) in [7, 11) is -4.10. The summed E-state index contributed by atoms with van der Waals surface area (Å²) in [5.74, 6) is -7.31. The molecule has 1 saturated heterocycles. The molecule has 7 unspecified atom stereocenters. The average molecular weight is 866 g/mol. The average Bonchev–Trinajstić information content (AvgIpc) is 4.04. The van der Waals surface area contributed by atoms with Crippen molar-refractivity contribution in [1.82, 2.24) is 25.2 Å². The monoisotopic (exact) mass is 865 g/mol. The normalized spacial score (nSPS) is 28.3. The van der Waals surface area contributed by atoms with Crippen LogP contribution in [0.3, 0.4) is 0 Å². The highest BCUT2D eigenvalue weighted by atomic mass is 32.2. The minimum absolute atomic E-state index is 0.0124. The number of pyridine rings is 1. The second-order valence-corrected chi connectivity index (χ2v) is 19.2. The lowest BCUT2D eigenvalue weighted by atomic mass is 10.0. The lowest BCUT2D eigenvalue weighted by Crippen LogP contribution is -2.61. The van der Waals surface area contributed by atoms with Crippen LogP contribution in [0.25, 0.3) is 10.8 Å². The summed E-state index contributed by atoms with van der Waals surface area (Å²) in [5.41, 5.74) is -3.97. The van der Waals surface area contributed by atoms with E-state index in [0.717, 1.165) is 18.7 Å². The van der Waals surface area contributed by atoms with E-state index >= 15 is 4.39 Å². The first-order valence-electron chi connectivity index (χ1n) is 20.3. The maximum absolute atomic E-state index is 15.1. The molecule has 2 aliphatic heterocycles. The second-order valence-electron chi connectivity index (χ2n) is 17.0. The number of nitrogens with one attached hydrogen (secondary N) is 3. The zero-order valence-corrected chi connectivity index (χ0v) is 35.6. The maximum atomic E-state index is 15.1. The summed E-state index contributed by atoms with van der Waals surface area (Å²) in [5, 5.41) is 6.03. The van der Waals surface area contributed by atoms with E-state index < -0.39 is 97.8 Å². The van der Waals surface area contributed by atoms with E-state index in [9.17, 15) is 36.4 Å². The number of alkyl carbamates (subject to hydrolysis) is 1. The molecule has 2 aromatic rings. The van der Waals surface area contributed by atoms with Gasteiger partial charge in [-0.3, -0.25) is 19.1 Å². The highest BCUT2D eigenvalue weighted by Gasteiger charge is 2.63. The lowest BCUT2D eigenvalue weighted by Gasteiger charge is -2.35. The van der Waals surface area contributed by atoms with Crippen LogP contribution in [-0.4, -0.2) is 107 Å². The van der Waals surface area contributed by atoms with Crippen LogP contribution in [0.2, 0.25) is 0 Å². The van der Waals surface area contributed by atoms with Crippen LogP contribution in [0.5, 0.6) is 11.6 Å². The number of benzene rings is 1. The zero-order valence-electron chi connectivity index (χ0n) is 34.8. The summed E-state index contributed by atoms with van der Waals surface area (Å²) in [6.45, 7) is 9.28. The van der Waals surface area contributed by atoms with E-state index in [1.165, 1.54) is 25.3 Å². The number of ether oxygens (including phenoxy) is 4. The number of sulfonamides is 1. The third kappa shape index (κ3) is 9.16. The summed E-state index contributed by atoms with van der Waals surface area (Å²) in [4.78, 5) is 62.2. The highest BCUT2D eigenvalue weighted by molar-refractivity contribution is 7.91. The van der Waals surface area contributed by atoms with Crippen molar-refractivity contribution >= 4 is 44.6 Å². The smallest absolute Gasteiger partial charge is 0.408 e. The molecule has 15 nitrogen and oxygen atoms in total. The van der Waals surface area contributed by atoms with Crippen LogP contribution < -0.4 is 24.8 Å². The molecular formula is C41H54F3N5O10S. The zero-order chi connectivity index (χ0) is 44.0. The van der Waals surface area contributed by atoms with Gasteiger partial charge in [0.1, 0.15) is 23.7 Å². The first-order chi connectivity index (χ1) is 28.0. The van der Waals surface area contributed by atoms with Crippen molar-refractivity contribution in [2.75, 3.05) is 13.2 Å². The lowest BCUT2D eigenvalue weighted by molar-refractivity contribution is -0.153. The predicted molar refractivity (Wildman–Crippen MR) is 212 cm³/mol. The highest BCUT2D eigenvalue weighted by Crippen LogP contribution is 2.47. The van der Waals surface area contributed by atoms with Gasteiger partial charge in [0.2, 0.25) is 27.7 Å². The third-order valence-corrected chi connectivity index (χ3v) is 14.2. The number of fused-ring (bicyclic) bond motifs is 3. The van der Waals surface area contributed by atoms with Crippen LogP contribution in [0.15, 0.2) is 36.5 Å². The Bertz CT molecular complexity index is 2150. The van der Waals surface area contributed by atoms with E-state index in [4.69, 9.17) is 18.9 Å². The molecule has 7 atom stereocenters. The molecule has 3 heterocycles. The van der Waals surface area contributed by atoms with Gasteiger partial charge in [-0.1, -0.05) is 19.1 Å². The topological polar surface area (TPSA) is 192 Å². The van der Waals surface area contributed by atoms with Crippen molar-refractivity contribution in [3.05, 3.63) is 42.4 Å².